The van der Waals surface area contributed by atoms with Crippen molar-refractivity contribution < 1.29 is 99.5 Å². The molecule has 0 aromatic carbocycles. The van der Waals surface area contributed by atoms with Gasteiger partial charge in [-0.05, 0) is 31.2 Å². The van der Waals surface area contributed by atoms with Crippen LogP contribution in [0, 0.1) is 0 Å². The number of aliphatic hydroxyl groups excluding tert-OH is 13. The summed E-state index contributed by atoms with van der Waals surface area (Å²) in [7, 11) is 0. The molecule has 8 unspecified atom stereocenters. The summed E-state index contributed by atoms with van der Waals surface area (Å²) in [6, 6.07) is -0.239. The lowest BCUT2D eigenvalue weighted by Gasteiger charge is -2.49. The van der Waals surface area contributed by atoms with Crippen LogP contribution in [0.25, 0.3) is 10.4 Å². The smallest absolute Gasteiger partial charge is 0.187 e. The fourth-order valence-electron chi connectivity index (χ4n) is 7.15. The first-order valence-electron chi connectivity index (χ1n) is 17.6. The minimum absolute atomic E-state index is 0.239. The molecule has 20 atom stereocenters. The summed E-state index contributed by atoms with van der Waals surface area (Å²) < 4.78 is 40.6. The Bertz CT molecular complexity index is 1220. The maximum atomic E-state index is 11.4. The fraction of sp³-hybridized carbons (Fsp3) is 1.00. The van der Waals surface area contributed by atoms with Crippen LogP contribution in [0.5, 0.6) is 0 Å². The van der Waals surface area contributed by atoms with Crippen molar-refractivity contribution in [2.24, 2.45) is 5.11 Å². The lowest BCUT2D eigenvalue weighted by Crippen LogP contribution is -2.67. The summed E-state index contributed by atoms with van der Waals surface area (Å²) in [6.45, 7) is -3.26. The highest BCUT2D eigenvalue weighted by atomic mass is 32.2. The molecular weight excluding hydrogens is 754 g/mol. The highest BCUT2D eigenvalue weighted by molar-refractivity contribution is 8.00. The van der Waals surface area contributed by atoms with Crippen molar-refractivity contribution in [3.05, 3.63) is 10.4 Å². The van der Waals surface area contributed by atoms with E-state index >= 15 is 0 Å². The second kappa shape index (κ2) is 19.5. The minimum atomic E-state index is -1.99. The lowest BCUT2D eigenvalue weighted by molar-refractivity contribution is -0.382. The largest absolute Gasteiger partial charge is 0.394 e. The van der Waals surface area contributed by atoms with Gasteiger partial charge in [0.15, 0.2) is 18.9 Å². The van der Waals surface area contributed by atoms with Gasteiger partial charge < -0.3 is 99.5 Å². The van der Waals surface area contributed by atoms with Gasteiger partial charge in [-0.15, -0.1) is 11.8 Å². The SMILES string of the molecule is [N-]=[N+]=NC1CCC(O[C@@H]2OC(CO)[C@@H](O)[C@H](O[C@H]3O[C@@H](CO)[C@@H](O)C(O)C3O[C@H]3O[C@@H](CO)[C@@H](O)C(O)C3S[C@H]3O[C@@H](CO)[C@@H](O)C(O)C3O)C2O)CC1. The van der Waals surface area contributed by atoms with Gasteiger partial charge in [0.1, 0.15) is 90.9 Å². The van der Waals surface area contributed by atoms with Gasteiger partial charge in [-0.25, -0.2) is 0 Å². The molecule has 0 aromatic heterocycles. The third-order valence-electron chi connectivity index (χ3n) is 10.4. The van der Waals surface area contributed by atoms with E-state index in [0.29, 0.717) is 37.4 Å². The lowest BCUT2D eigenvalue weighted by atomic mass is 9.93. The maximum absolute atomic E-state index is 11.4. The van der Waals surface area contributed by atoms with E-state index in [1.54, 1.807) is 0 Å². The predicted molar refractivity (Wildman–Crippen MR) is 174 cm³/mol. The maximum Gasteiger partial charge on any atom is 0.187 e. The summed E-state index contributed by atoms with van der Waals surface area (Å²) in [6.07, 6.45) is -29.5. The van der Waals surface area contributed by atoms with Crippen molar-refractivity contribution in [3.8, 4) is 0 Å². The van der Waals surface area contributed by atoms with E-state index in [1.165, 1.54) is 0 Å². The summed E-state index contributed by atoms with van der Waals surface area (Å²) in [5.74, 6) is 0. The van der Waals surface area contributed by atoms with Crippen LogP contribution in [0.2, 0.25) is 0 Å². The summed E-state index contributed by atoms with van der Waals surface area (Å²) in [5.41, 5.74) is 7.25. The molecule has 13 N–H and O–H groups in total. The third kappa shape index (κ3) is 9.42. The quantitative estimate of drug-likeness (QED) is 0.0467. The first-order valence-corrected chi connectivity index (χ1v) is 18.6. The molecule has 0 amide bonds. The van der Waals surface area contributed by atoms with Gasteiger partial charge in [0, 0.05) is 11.0 Å². The number of aliphatic hydroxyl groups is 13. The number of azide groups is 1. The number of hydrogen-bond donors (Lipinski definition) is 13. The summed E-state index contributed by atoms with van der Waals surface area (Å²) in [5, 5.41) is 139. The molecule has 5 fully saturated rings. The number of nitrogens with zero attached hydrogens (tertiary/aromatic N) is 3. The van der Waals surface area contributed by atoms with Crippen LogP contribution in [0.4, 0.5) is 0 Å². The van der Waals surface area contributed by atoms with Gasteiger partial charge in [-0.2, -0.15) is 0 Å². The second-order valence-corrected chi connectivity index (χ2v) is 15.2. The molecule has 1 aliphatic carbocycles. The molecule has 24 heteroatoms. The predicted octanol–water partition coefficient (Wildman–Crippen LogP) is -6.39. The average molecular weight is 806 g/mol. The topological polar surface area (TPSA) is 376 Å². The van der Waals surface area contributed by atoms with Gasteiger partial charge in [0.05, 0.1) is 43.9 Å². The van der Waals surface area contributed by atoms with Crippen molar-refractivity contribution in [1.82, 2.24) is 0 Å². The highest BCUT2D eigenvalue weighted by Gasteiger charge is 2.56. The molecule has 5 rings (SSSR count). The molecule has 23 nitrogen and oxygen atoms in total. The van der Waals surface area contributed by atoms with Gasteiger partial charge in [-0.3, -0.25) is 0 Å². The molecule has 0 spiro atoms. The molecule has 4 saturated heterocycles. The molecule has 4 heterocycles. The zero-order valence-corrected chi connectivity index (χ0v) is 29.6. The van der Waals surface area contributed by atoms with Crippen LogP contribution in [-0.2, 0) is 33.2 Å². The number of hydrogen-bond acceptors (Lipinski definition) is 22. The molecule has 0 aromatic rings. The molecule has 1 saturated carbocycles. The highest BCUT2D eigenvalue weighted by Crippen LogP contribution is 2.40. The normalized spacial score (nSPS) is 50.3. The first-order chi connectivity index (χ1) is 25.8. The van der Waals surface area contributed by atoms with E-state index in [0.717, 1.165) is 0 Å². The Kier molecular flexibility index (Phi) is 15.9. The fourth-order valence-corrected chi connectivity index (χ4v) is 8.57. The van der Waals surface area contributed by atoms with Crippen LogP contribution >= 0.6 is 11.8 Å². The molecule has 4 aliphatic heterocycles. The van der Waals surface area contributed by atoms with Crippen LogP contribution in [0.1, 0.15) is 25.7 Å². The van der Waals surface area contributed by atoms with Crippen molar-refractivity contribution in [2.45, 2.75) is 159 Å². The summed E-state index contributed by atoms with van der Waals surface area (Å²) >= 11 is 0.537. The van der Waals surface area contributed by atoms with Gasteiger partial charge >= 0.3 is 0 Å². The van der Waals surface area contributed by atoms with Gasteiger partial charge in [0.25, 0.3) is 0 Å². The van der Waals surface area contributed by atoms with E-state index in [1.807, 2.05) is 0 Å². The van der Waals surface area contributed by atoms with Crippen LogP contribution < -0.4 is 0 Å². The zero-order chi connectivity index (χ0) is 39.4. The van der Waals surface area contributed by atoms with E-state index in [2.05, 4.69) is 10.0 Å². The first kappa shape index (κ1) is 44.0. The second-order valence-electron chi connectivity index (χ2n) is 13.9. The van der Waals surface area contributed by atoms with Gasteiger partial charge in [0.2, 0.25) is 0 Å². The molecule has 312 valence electrons. The Hall–Kier alpha value is -1.14. The Morgan fingerprint density at radius 2 is 1.02 bits per heavy atom. The Morgan fingerprint density at radius 1 is 0.519 bits per heavy atom. The van der Waals surface area contributed by atoms with Crippen molar-refractivity contribution in [1.29, 1.82) is 0 Å². The number of ether oxygens (including phenoxy) is 7. The molecule has 0 radical (unpaired) electrons. The van der Waals surface area contributed by atoms with Crippen molar-refractivity contribution in [2.75, 3.05) is 26.4 Å². The number of thioether (sulfide) groups is 1. The Balaban J connectivity index is 1.39. The summed E-state index contributed by atoms with van der Waals surface area (Å²) in [4.78, 5) is 2.82. The molecule has 5 aliphatic rings. The molecule has 54 heavy (non-hydrogen) atoms. The van der Waals surface area contributed by atoms with E-state index in [-0.39, 0.29) is 6.04 Å². The number of rotatable bonds is 13. The van der Waals surface area contributed by atoms with Gasteiger partial charge in [-0.1, -0.05) is 5.11 Å². The van der Waals surface area contributed by atoms with E-state index < -0.39 is 154 Å². The minimum Gasteiger partial charge on any atom is -0.394 e. The standard InChI is InChI=1S/C30H51N3O20S/c31-33-32-9-1-3-10(4-2-9)47-27-23(46)24(18(41)14(8-37)48-27)52-28-25(20(43)16(39)11(5-34)49-28)53-29-26(21(44)17(40)12(6-35)50-29)54-30-22(45)19(42)15(38)13(7-36)51-30/h9-30,34-46H,1-8H2/t9?,10?,11-,12-,13-,14?,15+,16+,17+,18+,19?,20?,21?,22?,23?,24-,25?,26?,27+,28+,29+,30+/m0/s1. The monoisotopic (exact) mass is 805 g/mol. The third-order valence-corrected chi connectivity index (χ3v) is 11.9. The Morgan fingerprint density at radius 3 is 1.61 bits per heavy atom. The molecule has 0 bridgehead atoms. The van der Waals surface area contributed by atoms with Crippen LogP contribution in [-0.4, -0.2) is 226 Å². The van der Waals surface area contributed by atoms with E-state index in [4.69, 9.17) is 38.7 Å². The van der Waals surface area contributed by atoms with Crippen LogP contribution in [0.3, 0.4) is 0 Å². The Labute approximate surface area is 312 Å². The van der Waals surface area contributed by atoms with Crippen molar-refractivity contribution >= 4 is 11.8 Å². The zero-order valence-electron chi connectivity index (χ0n) is 28.8. The average Bonchev–Trinajstić information content (AvgIpc) is 3.17. The molecular formula is C30H51N3O20S. The van der Waals surface area contributed by atoms with Crippen molar-refractivity contribution in [3.63, 3.8) is 0 Å². The van der Waals surface area contributed by atoms with E-state index in [9.17, 15) is 66.4 Å². The van der Waals surface area contributed by atoms with Crippen LogP contribution in [0.15, 0.2) is 5.11 Å².